The first-order valence-corrected chi connectivity index (χ1v) is 23.1. The fraction of sp³-hybridized carbons (Fsp3) is 0.884. The largest absolute Gasteiger partial charge is 0.391 e. The lowest BCUT2D eigenvalue weighted by molar-refractivity contribution is -0.122. The second-order valence-electron chi connectivity index (χ2n) is 15.0. The fourth-order valence-electron chi connectivity index (χ4n) is 6.66. The van der Waals surface area contributed by atoms with E-state index >= 15 is 0 Å². The van der Waals surface area contributed by atoms with Crippen molar-refractivity contribution >= 4 is 16.0 Å². The number of rotatable bonds is 39. The number of carbonyl (C=O) groups excluding carboxylic acids is 1. The van der Waals surface area contributed by atoms with Crippen molar-refractivity contribution in [1.82, 2.24) is 5.32 Å². The van der Waals surface area contributed by atoms with Crippen LogP contribution in [-0.4, -0.2) is 41.9 Å². The van der Waals surface area contributed by atoms with E-state index in [0.717, 1.165) is 64.2 Å². The van der Waals surface area contributed by atoms with Crippen molar-refractivity contribution in [2.45, 2.75) is 238 Å². The van der Waals surface area contributed by atoms with Crippen molar-refractivity contribution in [3.8, 4) is 0 Å². The Morgan fingerprint density at radius 1 is 0.540 bits per heavy atom. The molecule has 3 N–H and O–H groups in total. The van der Waals surface area contributed by atoms with E-state index in [1.54, 1.807) is 0 Å². The lowest BCUT2D eigenvalue weighted by atomic mass is 10.0. The standard InChI is InChI=1S/C43H83NO5S/c1-3-5-7-9-11-13-15-17-19-21-22-23-24-26-28-30-32-34-36-38-42(45)41(40-50(47,48)49)44-43(46)39-37-35-33-31-29-27-25-20-18-16-14-12-10-8-6-4-2/h14,16,20,25,41-42,45H,3-13,15,17-19,21-24,26-40H2,1-2H3,(H,44,46)(H,47,48,49)/b16-14-,25-20-. The molecule has 6 nitrogen and oxygen atoms in total. The van der Waals surface area contributed by atoms with Gasteiger partial charge in [-0.05, 0) is 44.9 Å². The van der Waals surface area contributed by atoms with Crippen molar-refractivity contribution in [2.24, 2.45) is 0 Å². The molecule has 0 aliphatic heterocycles. The molecule has 0 heterocycles. The third-order valence-corrected chi connectivity index (χ3v) is 10.7. The topological polar surface area (TPSA) is 104 Å². The predicted octanol–water partition coefficient (Wildman–Crippen LogP) is 12.7. The summed E-state index contributed by atoms with van der Waals surface area (Å²) in [6, 6.07) is -0.976. The van der Waals surface area contributed by atoms with Gasteiger partial charge in [0.2, 0.25) is 5.91 Å². The van der Waals surface area contributed by atoms with Gasteiger partial charge in [0.05, 0.1) is 17.9 Å². The highest BCUT2D eigenvalue weighted by molar-refractivity contribution is 7.85. The number of nitrogens with one attached hydrogen (secondary N) is 1. The zero-order valence-corrected chi connectivity index (χ0v) is 33.8. The number of hydrogen-bond donors (Lipinski definition) is 3. The summed E-state index contributed by atoms with van der Waals surface area (Å²) in [5.74, 6) is -0.909. The number of aliphatic hydroxyl groups excluding tert-OH is 1. The molecule has 0 fully saturated rings. The third-order valence-electron chi connectivity index (χ3n) is 9.91. The van der Waals surface area contributed by atoms with Crippen LogP contribution in [0.15, 0.2) is 24.3 Å². The molecule has 0 aliphatic carbocycles. The summed E-state index contributed by atoms with van der Waals surface area (Å²) in [5, 5.41) is 13.4. The molecule has 0 aromatic heterocycles. The molecule has 0 saturated heterocycles. The summed E-state index contributed by atoms with van der Waals surface area (Å²) in [5.41, 5.74) is 0. The molecule has 0 bridgehead atoms. The van der Waals surface area contributed by atoms with Crippen LogP contribution in [0.25, 0.3) is 0 Å². The van der Waals surface area contributed by atoms with Gasteiger partial charge >= 0.3 is 0 Å². The molecule has 7 heteroatoms. The molecular formula is C43H83NO5S. The molecular weight excluding hydrogens is 643 g/mol. The van der Waals surface area contributed by atoms with Crippen molar-refractivity contribution in [2.75, 3.05) is 5.75 Å². The van der Waals surface area contributed by atoms with Crippen LogP contribution in [0.2, 0.25) is 0 Å². The Kier molecular flexibility index (Phi) is 36.7. The second-order valence-corrected chi connectivity index (χ2v) is 16.5. The van der Waals surface area contributed by atoms with Gasteiger partial charge in [0, 0.05) is 6.42 Å². The average Bonchev–Trinajstić information content (AvgIpc) is 3.08. The number of carbonyl (C=O) groups is 1. The number of amides is 1. The van der Waals surface area contributed by atoms with Crippen LogP contribution in [0.5, 0.6) is 0 Å². The van der Waals surface area contributed by atoms with Crippen molar-refractivity contribution in [1.29, 1.82) is 0 Å². The molecule has 2 atom stereocenters. The van der Waals surface area contributed by atoms with Crippen LogP contribution >= 0.6 is 0 Å². The van der Waals surface area contributed by atoms with Crippen LogP contribution in [0, 0.1) is 0 Å². The Balaban J connectivity index is 3.85. The average molecular weight is 726 g/mol. The Bertz CT molecular complexity index is 888. The van der Waals surface area contributed by atoms with E-state index in [0.29, 0.717) is 12.8 Å². The molecule has 2 unspecified atom stereocenters. The SMILES string of the molecule is CCCCCC/C=C\C/C=C\CCCCCCCC(=O)NC(CS(=O)(=O)O)C(O)CCCCCCCCCCCCCCCCCCCCC. The smallest absolute Gasteiger partial charge is 0.266 e. The van der Waals surface area contributed by atoms with Gasteiger partial charge in [0.25, 0.3) is 10.1 Å². The molecule has 296 valence electrons. The molecule has 0 rings (SSSR count). The Morgan fingerprint density at radius 2 is 0.900 bits per heavy atom. The summed E-state index contributed by atoms with van der Waals surface area (Å²) in [7, 11) is -4.31. The Labute approximate surface area is 311 Å². The van der Waals surface area contributed by atoms with Crippen molar-refractivity contribution in [3.05, 3.63) is 24.3 Å². The molecule has 1 amide bonds. The monoisotopic (exact) mass is 726 g/mol. The molecule has 0 saturated carbocycles. The Hall–Kier alpha value is -1.18. The third kappa shape index (κ3) is 38.1. The molecule has 0 aromatic rings. The maximum atomic E-state index is 12.5. The van der Waals surface area contributed by atoms with Gasteiger partial charge in [0.15, 0.2) is 0 Å². The van der Waals surface area contributed by atoms with Gasteiger partial charge in [-0.2, -0.15) is 8.42 Å². The molecule has 0 aromatic carbocycles. The minimum absolute atomic E-state index is 0.257. The highest BCUT2D eigenvalue weighted by Crippen LogP contribution is 2.16. The normalized spacial score (nSPS) is 13.4. The Morgan fingerprint density at radius 3 is 1.32 bits per heavy atom. The van der Waals surface area contributed by atoms with E-state index in [1.807, 2.05) is 0 Å². The zero-order valence-electron chi connectivity index (χ0n) is 33.0. The minimum Gasteiger partial charge on any atom is -0.391 e. The fourth-order valence-corrected chi connectivity index (χ4v) is 7.42. The predicted molar refractivity (Wildman–Crippen MR) is 216 cm³/mol. The number of unbranched alkanes of at least 4 members (excludes halogenated alkanes) is 27. The van der Waals surface area contributed by atoms with Crippen LogP contribution in [0.1, 0.15) is 226 Å². The molecule has 50 heavy (non-hydrogen) atoms. The first-order valence-electron chi connectivity index (χ1n) is 21.5. The second kappa shape index (κ2) is 37.6. The summed E-state index contributed by atoms with van der Waals surface area (Å²) in [6.07, 6.45) is 47.0. The van der Waals surface area contributed by atoms with Gasteiger partial charge in [0.1, 0.15) is 0 Å². The number of allylic oxidation sites excluding steroid dienone is 4. The van der Waals surface area contributed by atoms with E-state index < -0.39 is 28.0 Å². The van der Waals surface area contributed by atoms with Crippen molar-refractivity contribution in [3.63, 3.8) is 0 Å². The maximum Gasteiger partial charge on any atom is 0.266 e. The van der Waals surface area contributed by atoms with Crippen LogP contribution in [-0.2, 0) is 14.9 Å². The maximum absolute atomic E-state index is 12.5. The first-order chi connectivity index (χ1) is 24.3. The number of aliphatic hydroxyl groups is 1. The van der Waals surface area contributed by atoms with Gasteiger partial charge in [-0.15, -0.1) is 0 Å². The summed E-state index contributed by atoms with van der Waals surface area (Å²) < 4.78 is 32.6. The lowest BCUT2D eigenvalue weighted by Crippen LogP contribution is -2.47. The van der Waals surface area contributed by atoms with E-state index in [2.05, 4.69) is 43.5 Å². The quantitative estimate of drug-likeness (QED) is 0.0332. The summed E-state index contributed by atoms with van der Waals surface area (Å²) in [6.45, 7) is 4.51. The van der Waals surface area contributed by atoms with Crippen molar-refractivity contribution < 1.29 is 22.9 Å². The van der Waals surface area contributed by atoms with Crippen LogP contribution in [0.4, 0.5) is 0 Å². The van der Waals surface area contributed by atoms with E-state index in [1.165, 1.54) is 135 Å². The summed E-state index contributed by atoms with van der Waals surface area (Å²) >= 11 is 0. The summed E-state index contributed by atoms with van der Waals surface area (Å²) in [4.78, 5) is 12.5. The lowest BCUT2D eigenvalue weighted by Gasteiger charge is -2.23. The minimum atomic E-state index is -4.31. The van der Waals surface area contributed by atoms with Crippen LogP contribution < -0.4 is 5.32 Å². The van der Waals surface area contributed by atoms with E-state index in [4.69, 9.17) is 0 Å². The van der Waals surface area contributed by atoms with Gasteiger partial charge in [-0.25, -0.2) is 0 Å². The first kappa shape index (κ1) is 48.8. The number of hydrogen-bond acceptors (Lipinski definition) is 4. The van der Waals surface area contributed by atoms with E-state index in [-0.39, 0.29) is 5.91 Å². The molecule has 0 spiro atoms. The van der Waals surface area contributed by atoms with E-state index in [9.17, 15) is 22.9 Å². The molecule has 0 aliphatic rings. The highest BCUT2D eigenvalue weighted by atomic mass is 32.2. The zero-order chi connectivity index (χ0) is 36.8. The van der Waals surface area contributed by atoms with Crippen LogP contribution in [0.3, 0.4) is 0 Å². The van der Waals surface area contributed by atoms with Gasteiger partial charge in [-0.3, -0.25) is 9.35 Å². The highest BCUT2D eigenvalue weighted by Gasteiger charge is 2.26. The van der Waals surface area contributed by atoms with Gasteiger partial charge in [-0.1, -0.05) is 199 Å². The van der Waals surface area contributed by atoms with Gasteiger partial charge < -0.3 is 10.4 Å². The molecule has 0 radical (unpaired) electrons.